The van der Waals surface area contributed by atoms with Gasteiger partial charge in [0.05, 0.1) is 0 Å². The zero-order valence-electron chi connectivity index (χ0n) is 12.2. The maximum absolute atomic E-state index is 12.2. The van der Waals surface area contributed by atoms with Crippen LogP contribution in [-0.2, 0) is 0 Å². The number of hydrogen-bond donors (Lipinski definition) is 2. The van der Waals surface area contributed by atoms with Crippen LogP contribution in [0.4, 0.5) is 0 Å². The van der Waals surface area contributed by atoms with Crippen molar-refractivity contribution in [1.82, 2.24) is 14.7 Å². The molecule has 0 bridgehead atoms. The second-order valence-electron chi connectivity index (χ2n) is 5.73. The molecule has 2 aromatic heterocycles. The van der Waals surface area contributed by atoms with E-state index in [1.54, 1.807) is 24.4 Å². The van der Waals surface area contributed by atoms with Gasteiger partial charge in [0.15, 0.2) is 0 Å². The van der Waals surface area contributed by atoms with Crippen LogP contribution in [0, 0.1) is 5.41 Å². The van der Waals surface area contributed by atoms with Crippen molar-refractivity contribution in [2.24, 2.45) is 5.41 Å². The fraction of sp³-hybridized carbons (Fsp3) is 0.400. The van der Waals surface area contributed by atoms with Crippen LogP contribution in [0.1, 0.15) is 30.6 Å². The molecule has 0 spiro atoms. The van der Waals surface area contributed by atoms with Gasteiger partial charge >= 0.3 is 0 Å². The lowest BCUT2D eigenvalue weighted by Gasteiger charge is -2.23. The zero-order valence-corrected chi connectivity index (χ0v) is 12.2. The molecule has 0 unspecified atom stereocenters. The van der Waals surface area contributed by atoms with Crippen LogP contribution in [0.15, 0.2) is 35.4 Å². The molecule has 0 aliphatic carbocycles. The van der Waals surface area contributed by atoms with E-state index in [2.05, 4.69) is 10.3 Å². The van der Waals surface area contributed by atoms with Crippen LogP contribution < -0.4 is 10.9 Å². The number of pyridine rings is 1. The summed E-state index contributed by atoms with van der Waals surface area (Å²) in [7, 11) is 0. The summed E-state index contributed by atoms with van der Waals surface area (Å²) < 4.78 is 1.34. The molecule has 2 heterocycles. The van der Waals surface area contributed by atoms with E-state index >= 15 is 0 Å². The van der Waals surface area contributed by atoms with Gasteiger partial charge in [-0.15, -0.1) is 0 Å². The molecule has 2 rings (SSSR count). The van der Waals surface area contributed by atoms with Crippen molar-refractivity contribution in [1.29, 1.82) is 0 Å². The number of rotatable bonds is 5. The minimum atomic E-state index is -0.447. The largest absolute Gasteiger partial charge is 0.396 e. The van der Waals surface area contributed by atoms with Crippen molar-refractivity contribution in [3.05, 3.63) is 46.5 Å². The number of nitrogens with one attached hydrogen (secondary N) is 1. The molecule has 0 saturated heterocycles. The lowest BCUT2D eigenvalue weighted by atomic mass is 9.90. The van der Waals surface area contributed by atoms with E-state index in [0.717, 1.165) is 0 Å². The summed E-state index contributed by atoms with van der Waals surface area (Å²) in [6.07, 6.45) is 3.45. The summed E-state index contributed by atoms with van der Waals surface area (Å²) in [6, 6.07) is 5.19. The van der Waals surface area contributed by atoms with E-state index in [1.165, 1.54) is 10.6 Å². The molecule has 1 amide bonds. The van der Waals surface area contributed by atoms with Gasteiger partial charge in [0, 0.05) is 25.5 Å². The van der Waals surface area contributed by atoms with Crippen LogP contribution in [0.2, 0.25) is 0 Å². The predicted octanol–water partition coefficient (Wildman–Crippen LogP) is 0.833. The lowest BCUT2D eigenvalue weighted by Crippen LogP contribution is -2.37. The first-order valence-electron chi connectivity index (χ1n) is 6.80. The Morgan fingerprint density at radius 2 is 2.19 bits per heavy atom. The van der Waals surface area contributed by atoms with Crippen molar-refractivity contribution in [3.8, 4) is 0 Å². The standard InChI is InChI=1S/C15H19N3O3/c1-15(2,6-8-19)10-17-13(20)11-9-16-12-5-3-4-7-18(12)14(11)21/h3-5,7,9,19H,6,8,10H2,1-2H3,(H,17,20). The number of aromatic nitrogens is 2. The average molecular weight is 289 g/mol. The number of fused-ring (bicyclic) bond motifs is 1. The Balaban J connectivity index is 2.21. The smallest absolute Gasteiger partial charge is 0.270 e. The molecule has 21 heavy (non-hydrogen) atoms. The van der Waals surface area contributed by atoms with Gasteiger partial charge in [-0.2, -0.15) is 0 Å². The number of nitrogens with zero attached hydrogens (tertiary/aromatic N) is 2. The highest BCUT2D eigenvalue weighted by atomic mass is 16.3. The van der Waals surface area contributed by atoms with Gasteiger partial charge in [-0.05, 0) is 24.0 Å². The monoisotopic (exact) mass is 289 g/mol. The first-order valence-corrected chi connectivity index (χ1v) is 6.80. The fourth-order valence-electron chi connectivity index (χ4n) is 1.99. The lowest BCUT2D eigenvalue weighted by molar-refractivity contribution is 0.0926. The third-order valence-electron chi connectivity index (χ3n) is 3.37. The highest BCUT2D eigenvalue weighted by Gasteiger charge is 2.20. The molecule has 0 aliphatic rings. The third-order valence-corrected chi connectivity index (χ3v) is 3.37. The Morgan fingerprint density at radius 3 is 2.90 bits per heavy atom. The molecule has 0 atom stereocenters. The Bertz CT molecular complexity index is 707. The average Bonchev–Trinajstić information content (AvgIpc) is 2.45. The second kappa shape index (κ2) is 6.05. The van der Waals surface area contributed by atoms with Gasteiger partial charge < -0.3 is 10.4 Å². The maximum Gasteiger partial charge on any atom is 0.270 e. The van der Waals surface area contributed by atoms with Gasteiger partial charge in [0.2, 0.25) is 0 Å². The van der Waals surface area contributed by atoms with Crippen molar-refractivity contribution >= 4 is 11.6 Å². The number of amides is 1. The third kappa shape index (κ3) is 3.46. The molecule has 2 N–H and O–H groups in total. The molecule has 112 valence electrons. The molecular formula is C15H19N3O3. The summed E-state index contributed by atoms with van der Waals surface area (Å²) in [5.41, 5.74) is -0.110. The van der Waals surface area contributed by atoms with Crippen molar-refractivity contribution in [2.45, 2.75) is 20.3 Å². The van der Waals surface area contributed by atoms with Gasteiger partial charge in [-0.1, -0.05) is 19.9 Å². The van der Waals surface area contributed by atoms with Crippen LogP contribution in [-0.4, -0.2) is 33.6 Å². The molecule has 0 fully saturated rings. The van der Waals surface area contributed by atoms with Gasteiger partial charge in [-0.25, -0.2) is 4.98 Å². The quantitative estimate of drug-likeness (QED) is 0.854. The Labute approximate surface area is 122 Å². The number of carbonyl (C=O) groups excluding carboxylic acids is 1. The maximum atomic E-state index is 12.2. The summed E-state index contributed by atoms with van der Waals surface area (Å²) >= 11 is 0. The topological polar surface area (TPSA) is 83.7 Å². The van der Waals surface area contributed by atoms with Crippen molar-refractivity contribution < 1.29 is 9.90 Å². The first-order chi connectivity index (χ1) is 9.94. The Hall–Kier alpha value is -2.21. The molecule has 0 saturated carbocycles. The minimum Gasteiger partial charge on any atom is -0.396 e. The number of carbonyl (C=O) groups is 1. The fourth-order valence-corrected chi connectivity index (χ4v) is 1.99. The summed E-state index contributed by atoms with van der Waals surface area (Å²) in [4.78, 5) is 28.5. The van der Waals surface area contributed by atoms with Crippen LogP contribution in [0.3, 0.4) is 0 Å². The molecule has 0 radical (unpaired) electrons. The van der Waals surface area contributed by atoms with E-state index in [1.807, 2.05) is 13.8 Å². The van der Waals surface area contributed by atoms with Gasteiger partial charge in [-0.3, -0.25) is 14.0 Å². The summed E-state index contributed by atoms with van der Waals surface area (Å²) in [6.45, 7) is 4.32. The van der Waals surface area contributed by atoms with E-state index in [-0.39, 0.29) is 17.6 Å². The highest BCUT2D eigenvalue weighted by molar-refractivity contribution is 5.93. The van der Waals surface area contributed by atoms with E-state index in [0.29, 0.717) is 18.6 Å². The van der Waals surface area contributed by atoms with Crippen LogP contribution in [0.5, 0.6) is 0 Å². The van der Waals surface area contributed by atoms with Crippen LogP contribution in [0.25, 0.3) is 5.65 Å². The van der Waals surface area contributed by atoms with Gasteiger partial charge in [0.25, 0.3) is 11.5 Å². The predicted molar refractivity (Wildman–Crippen MR) is 79.3 cm³/mol. The normalized spacial score (nSPS) is 11.6. The highest BCUT2D eigenvalue weighted by Crippen LogP contribution is 2.17. The summed E-state index contributed by atoms with van der Waals surface area (Å²) in [5, 5.41) is 11.7. The van der Waals surface area contributed by atoms with Crippen molar-refractivity contribution in [3.63, 3.8) is 0 Å². The number of hydrogen-bond acceptors (Lipinski definition) is 4. The second-order valence-corrected chi connectivity index (χ2v) is 5.73. The van der Waals surface area contributed by atoms with E-state index in [4.69, 9.17) is 5.11 Å². The Kier molecular flexibility index (Phi) is 4.37. The van der Waals surface area contributed by atoms with Crippen LogP contribution >= 0.6 is 0 Å². The number of aliphatic hydroxyl groups is 1. The zero-order chi connectivity index (χ0) is 15.5. The molecule has 2 aromatic rings. The molecule has 6 nitrogen and oxygen atoms in total. The van der Waals surface area contributed by atoms with E-state index < -0.39 is 11.5 Å². The van der Waals surface area contributed by atoms with E-state index in [9.17, 15) is 9.59 Å². The van der Waals surface area contributed by atoms with Crippen molar-refractivity contribution in [2.75, 3.05) is 13.2 Å². The van der Waals surface area contributed by atoms with Gasteiger partial charge in [0.1, 0.15) is 11.2 Å². The summed E-state index contributed by atoms with van der Waals surface area (Å²) in [5.74, 6) is -0.447. The molecule has 0 aromatic carbocycles. The molecule has 0 aliphatic heterocycles. The Morgan fingerprint density at radius 1 is 1.43 bits per heavy atom. The molecular weight excluding hydrogens is 270 g/mol. The molecule has 6 heteroatoms. The number of aliphatic hydroxyl groups excluding tert-OH is 1. The first kappa shape index (κ1) is 15.2. The minimum absolute atomic E-state index is 0.0125. The SMILES string of the molecule is CC(C)(CCO)CNC(=O)c1cnc2ccccn2c1=O.